The monoisotopic (exact) mass is 406 g/mol. The van der Waals surface area contributed by atoms with Crippen LogP contribution in [0.25, 0.3) is 6.08 Å². The van der Waals surface area contributed by atoms with E-state index in [1.807, 2.05) is 18.3 Å². The molecule has 2 aromatic rings. The van der Waals surface area contributed by atoms with Gasteiger partial charge in [0, 0.05) is 31.4 Å². The molecule has 0 aliphatic carbocycles. The predicted octanol–water partition coefficient (Wildman–Crippen LogP) is 1.87. The third-order valence-corrected chi connectivity index (χ3v) is 5.92. The Kier molecular flexibility index (Phi) is 4.43. The number of ether oxygens (including phenoxy) is 1. The average Bonchev–Trinajstić information content (AvgIpc) is 3.34. The number of carboxylic acid groups (broad SMARTS) is 1. The van der Waals surface area contributed by atoms with Crippen LogP contribution in [0, 0.1) is 0 Å². The van der Waals surface area contributed by atoms with Crippen molar-refractivity contribution >= 4 is 18.0 Å². The second-order valence-electron chi connectivity index (χ2n) is 7.75. The Morgan fingerprint density at radius 3 is 2.83 bits per heavy atom. The zero-order valence-electron chi connectivity index (χ0n) is 16.6. The van der Waals surface area contributed by atoms with Gasteiger partial charge in [0.2, 0.25) is 0 Å². The van der Waals surface area contributed by atoms with E-state index in [0.717, 1.165) is 43.4 Å². The van der Waals surface area contributed by atoms with Crippen molar-refractivity contribution in [2.45, 2.75) is 32.1 Å². The maximum Gasteiger partial charge on any atom is 0.352 e. The summed E-state index contributed by atoms with van der Waals surface area (Å²) in [4.78, 5) is 32.1. The summed E-state index contributed by atoms with van der Waals surface area (Å²) in [6.45, 7) is 3.35. The van der Waals surface area contributed by atoms with Gasteiger partial charge in [-0.05, 0) is 30.2 Å². The number of carbonyl (C=O) groups is 2. The predicted molar refractivity (Wildman–Crippen MR) is 108 cm³/mol. The average molecular weight is 406 g/mol. The molecule has 3 aliphatic heterocycles. The molecule has 0 saturated carbocycles. The smallest absolute Gasteiger partial charge is 0.352 e. The second-order valence-corrected chi connectivity index (χ2v) is 7.75. The van der Waals surface area contributed by atoms with Crippen LogP contribution in [0.4, 0.5) is 0 Å². The molecular formula is C22H22N4O4. The topological polar surface area (TPSA) is 87.9 Å². The van der Waals surface area contributed by atoms with Crippen LogP contribution in [0.1, 0.15) is 23.5 Å². The Balaban J connectivity index is 1.27. The van der Waals surface area contributed by atoms with Gasteiger partial charge in [0.05, 0.1) is 25.4 Å². The molecule has 1 atom stereocenters. The van der Waals surface area contributed by atoms with Crippen LogP contribution >= 0.6 is 0 Å². The lowest BCUT2D eigenvalue weighted by Crippen LogP contribution is -2.52. The first-order valence-corrected chi connectivity index (χ1v) is 9.93. The highest BCUT2D eigenvalue weighted by Crippen LogP contribution is 2.39. The lowest BCUT2D eigenvalue weighted by atomic mass is 9.94. The number of β-lactam (4-membered cyclic amide) rings is 1. The SMILES string of the molecule is COc1ccc(CN2CCn3cc(/C=C4/C(=O)N5C(C(=O)O)=CCC45)nc3C2)cc1. The van der Waals surface area contributed by atoms with E-state index in [1.54, 1.807) is 19.3 Å². The molecule has 3 aliphatic rings. The molecule has 1 aromatic heterocycles. The number of aromatic nitrogens is 2. The number of fused-ring (bicyclic) bond motifs is 2. The molecule has 0 radical (unpaired) electrons. The number of benzene rings is 1. The van der Waals surface area contributed by atoms with Gasteiger partial charge in [-0.15, -0.1) is 0 Å². The number of carbonyl (C=O) groups excluding carboxylic acids is 1. The van der Waals surface area contributed by atoms with Gasteiger partial charge < -0.3 is 14.4 Å². The van der Waals surface area contributed by atoms with Gasteiger partial charge in [0.15, 0.2) is 0 Å². The van der Waals surface area contributed by atoms with E-state index in [2.05, 4.69) is 21.6 Å². The highest BCUT2D eigenvalue weighted by atomic mass is 16.5. The Hall–Kier alpha value is -3.39. The van der Waals surface area contributed by atoms with E-state index < -0.39 is 5.97 Å². The van der Waals surface area contributed by atoms with E-state index in [9.17, 15) is 14.7 Å². The minimum Gasteiger partial charge on any atom is -0.497 e. The minimum absolute atomic E-state index is 0.0838. The summed E-state index contributed by atoms with van der Waals surface area (Å²) in [5.74, 6) is 0.529. The van der Waals surface area contributed by atoms with Crippen molar-refractivity contribution in [3.8, 4) is 5.75 Å². The Bertz CT molecular complexity index is 1080. The molecule has 1 aromatic carbocycles. The molecule has 1 saturated heterocycles. The van der Waals surface area contributed by atoms with E-state index in [-0.39, 0.29) is 17.6 Å². The van der Waals surface area contributed by atoms with E-state index in [4.69, 9.17) is 9.72 Å². The lowest BCUT2D eigenvalue weighted by Gasteiger charge is -2.38. The van der Waals surface area contributed by atoms with Crippen LogP contribution in [0.3, 0.4) is 0 Å². The summed E-state index contributed by atoms with van der Waals surface area (Å²) in [5.41, 5.74) is 2.69. The Morgan fingerprint density at radius 1 is 1.30 bits per heavy atom. The summed E-state index contributed by atoms with van der Waals surface area (Å²) in [7, 11) is 1.66. The third kappa shape index (κ3) is 3.09. The summed E-state index contributed by atoms with van der Waals surface area (Å²) >= 11 is 0. The number of hydrogen-bond acceptors (Lipinski definition) is 5. The molecule has 0 spiro atoms. The molecule has 0 bridgehead atoms. The van der Waals surface area contributed by atoms with Crippen LogP contribution < -0.4 is 4.74 Å². The van der Waals surface area contributed by atoms with Gasteiger partial charge in [-0.25, -0.2) is 9.78 Å². The summed E-state index contributed by atoms with van der Waals surface area (Å²) in [6, 6.07) is 7.91. The number of aliphatic carboxylic acids is 1. The zero-order valence-corrected chi connectivity index (χ0v) is 16.6. The number of carboxylic acids is 1. The fraction of sp³-hybridized carbons (Fsp3) is 0.318. The second kappa shape index (κ2) is 7.14. The maximum atomic E-state index is 12.4. The van der Waals surface area contributed by atoms with E-state index in [1.165, 1.54) is 10.5 Å². The van der Waals surface area contributed by atoms with Crippen molar-refractivity contribution in [1.82, 2.24) is 19.4 Å². The van der Waals surface area contributed by atoms with Gasteiger partial charge in [-0.1, -0.05) is 18.2 Å². The number of hydrogen-bond donors (Lipinski definition) is 1. The third-order valence-electron chi connectivity index (χ3n) is 5.92. The number of amides is 1. The highest BCUT2D eigenvalue weighted by molar-refractivity contribution is 6.10. The first kappa shape index (κ1) is 18.6. The number of methoxy groups -OCH3 is 1. The molecule has 1 fully saturated rings. The van der Waals surface area contributed by atoms with Gasteiger partial charge in [0.1, 0.15) is 17.3 Å². The number of nitrogens with zero attached hydrogens (tertiary/aromatic N) is 4. The largest absolute Gasteiger partial charge is 0.497 e. The van der Waals surface area contributed by atoms with Crippen LogP contribution in [-0.4, -0.2) is 56.0 Å². The van der Waals surface area contributed by atoms with Crippen molar-refractivity contribution in [3.63, 3.8) is 0 Å². The standard InChI is InChI=1S/C22H22N4O4/c1-30-16-4-2-14(3-5-16)11-24-8-9-25-12-15(23-20(25)13-24)10-17-18-6-7-19(22(28)29)26(18)21(17)27/h2-5,7,10,12,18H,6,8-9,11,13H2,1H3,(H,28,29)/b17-10+. The van der Waals surface area contributed by atoms with Gasteiger partial charge in [0.25, 0.3) is 5.91 Å². The number of rotatable bonds is 5. The lowest BCUT2D eigenvalue weighted by molar-refractivity contribution is -0.142. The summed E-state index contributed by atoms with van der Waals surface area (Å²) in [5, 5.41) is 9.19. The van der Waals surface area contributed by atoms with Gasteiger partial charge in [-0.2, -0.15) is 0 Å². The van der Waals surface area contributed by atoms with E-state index in [0.29, 0.717) is 12.0 Å². The summed E-state index contributed by atoms with van der Waals surface area (Å²) < 4.78 is 7.35. The van der Waals surface area contributed by atoms with Crippen LogP contribution in [0.5, 0.6) is 5.75 Å². The fourth-order valence-corrected chi connectivity index (χ4v) is 4.35. The molecule has 30 heavy (non-hydrogen) atoms. The van der Waals surface area contributed by atoms with Crippen molar-refractivity contribution in [3.05, 3.63) is 64.9 Å². The van der Waals surface area contributed by atoms with Gasteiger partial charge >= 0.3 is 5.97 Å². The molecule has 1 N–H and O–H groups in total. The minimum atomic E-state index is -1.06. The molecule has 154 valence electrons. The molecule has 5 rings (SSSR count). The van der Waals surface area contributed by atoms with Crippen LogP contribution in [-0.2, 0) is 29.2 Å². The zero-order chi connectivity index (χ0) is 20.8. The molecular weight excluding hydrogens is 384 g/mol. The first-order chi connectivity index (χ1) is 14.5. The fourth-order valence-electron chi connectivity index (χ4n) is 4.35. The molecule has 1 amide bonds. The van der Waals surface area contributed by atoms with Crippen LogP contribution in [0.2, 0.25) is 0 Å². The molecule has 1 unspecified atom stereocenters. The van der Waals surface area contributed by atoms with Crippen molar-refractivity contribution in [1.29, 1.82) is 0 Å². The molecule has 8 heteroatoms. The van der Waals surface area contributed by atoms with Crippen molar-refractivity contribution in [2.75, 3.05) is 13.7 Å². The van der Waals surface area contributed by atoms with Crippen molar-refractivity contribution < 1.29 is 19.4 Å². The number of imidazole rings is 1. The Labute approximate surface area is 173 Å². The Morgan fingerprint density at radius 2 is 2.10 bits per heavy atom. The normalized spacial score (nSPS) is 21.8. The van der Waals surface area contributed by atoms with Gasteiger partial charge in [-0.3, -0.25) is 14.6 Å². The quantitative estimate of drug-likeness (QED) is 0.603. The first-order valence-electron chi connectivity index (χ1n) is 9.93. The maximum absolute atomic E-state index is 12.4. The summed E-state index contributed by atoms with van der Waals surface area (Å²) in [6.07, 6.45) is 5.94. The van der Waals surface area contributed by atoms with Crippen LogP contribution in [0.15, 0.2) is 47.8 Å². The molecule has 8 nitrogen and oxygen atoms in total. The van der Waals surface area contributed by atoms with Crippen molar-refractivity contribution in [2.24, 2.45) is 0 Å². The highest BCUT2D eigenvalue weighted by Gasteiger charge is 2.48. The molecule has 4 heterocycles. The van der Waals surface area contributed by atoms with E-state index >= 15 is 0 Å².